The van der Waals surface area contributed by atoms with Gasteiger partial charge in [-0.2, -0.15) is 5.10 Å². The van der Waals surface area contributed by atoms with Crippen LogP contribution in [0.3, 0.4) is 0 Å². The van der Waals surface area contributed by atoms with Crippen molar-refractivity contribution in [1.29, 1.82) is 0 Å². The highest BCUT2D eigenvalue weighted by Gasteiger charge is 2.08. The lowest BCUT2D eigenvalue weighted by Gasteiger charge is -2.17. The standard InChI is InChI=1S/C8H12N4/c1-2-12-8(10-6-11-12)3-7-4-9-5-7/h3,6,9H,2,4-5H2,1H3. The molecule has 0 saturated carbocycles. The molecule has 0 radical (unpaired) electrons. The molecule has 0 aliphatic carbocycles. The van der Waals surface area contributed by atoms with Gasteiger partial charge in [-0.05, 0) is 18.6 Å². The van der Waals surface area contributed by atoms with Crippen LogP contribution < -0.4 is 5.32 Å². The Bertz CT molecular complexity index is 294. The lowest BCUT2D eigenvalue weighted by molar-refractivity contribution is 0.643. The summed E-state index contributed by atoms with van der Waals surface area (Å²) in [6, 6.07) is 0. The molecule has 0 amide bonds. The molecule has 0 bridgehead atoms. The van der Waals surface area contributed by atoms with Crippen LogP contribution in [0.15, 0.2) is 11.9 Å². The van der Waals surface area contributed by atoms with Crippen LogP contribution in [-0.2, 0) is 6.54 Å². The van der Waals surface area contributed by atoms with E-state index in [9.17, 15) is 0 Å². The maximum Gasteiger partial charge on any atom is 0.150 e. The summed E-state index contributed by atoms with van der Waals surface area (Å²) < 4.78 is 1.89. The number of aryl methyl sites for hydroxylation is 1. The van der Waals surface area contributed by atoms with E-state index < -0.39 is 0 Å². The summed E-state index contributed by atoms with van der Waals surface area (Å²) in [5.41, 5.74) is 1.40. The Morgan fingerprint density at radius 3 is 3.08 bits per heavy atom. The van der Waals surface area contributed by atoms with Gasteiger partial charge in [0.2, 0.25) is 0 Å². The van der Waals surface area contributed by atoms with Crippen molar-refractivity contribution in [2.24, 2.45) is 0 Å². The lowest BCUT2D eigenvalue weighted by Crippen LogP contribution is -2.33. The normalized spacial score (nSPS) is 15.9. The minimum Gasteiger partial charge on any atom is -0.309 e. The fourth-order valence-corrected chi connectivity index (χ4v) is 1.18. The van der Waals surface area contributed by atoms with Crippen LogP contribution in [0.25, 0.3) is 6.08 Å². The topological polar surface area (TPSA) is 42.7 Å². The maximum atomic E-state index is 4.16. The first-order valence-electron chi connectivity index (χ1n) is 4.18. The second kappa shape index (κ2) is 3.06. The lowest BCUT2D eigenvalue weighted by atomic mass is 10.1. The summed E-state index contributed by atoms with van der Waals surface area (Å²) in [6.07, 6.45) is 3.70. The van der Waals surface area contributed by atoms with Gasteiger partial charge >= 0.3 is 0 Å². The van der Waals surface area contributed by atoms with Crippen molar-refractivity contribution in [2.45, 2.75) is 13.5 Å². The fourth-order valence-electron chi connectivity index (χ4n) is 1.18. The van der Waals surface area contributed by atoms with E-state index in [4.69, 9.17) is 0 Å². The average Bonchev–Trinajstić information content (AvgIpc) is 2.43. The molecule has 0 unspecified atom stereocenters. The molecule has 2 heterocycles. The van der Waals surface area contributed by atoms with Crippen molar-refractivity contribution in [3.63, 3.8) is 0 Å². The Morgan fingerprint density at radius 2 is 2.50 bits per heavy atom. The highest BCUT2D eigenvalue weighted by Crippen LogP contribution is 2.06. The monoisotopic (exact) mass is 164 g/mol. The van der Waals surface area contributed by atoms with Gasteiger partial charge in [0.15, 0.2) is 5.82 Å². The Balaban J connectivity index is 2.21. The molecule has 1 aromatic rings. The number of hydrogen-bond acceptors (Lipinski definition) is 3. The van der Waals surface area contributed by atoms with Gasteiger partial charge < -0.3 is 5.32 Å². The van der Waals surface area contributed by atoms with Crippen LogP contribution >= 0.6 is 0 Å². The first-order valence-corrected chi connectivity index (χ1v) is 4.18. The molecule has 4 nitrogen and oxygen atoms in total. The minimum absolute atomic E-state index is 0.881. The van der Waals surface area contributed by atoms with E-state index in [2.05, 4.69) is 28.4 Å². The molecule has 1 saturated heterocycles. The molecule has 1 aliphatic heterocycles. The van der Waals surface area contributed by atoms with Crippen molar-refractivity contribution >= 4 is 6.08 Å². The van der Waals surface area contributed by atoms with E-state index in [1.807, 2.05) is 4.68 Å². The van der Waals surface area contributed by atoms with Crippen LogP contribution in [0.5, 0.6) is 0 Å². The average molecular weight is 164 g/mol. The Morgan fingerprint density at radius 1 is 1.67 bits per heavy atom. The summed E-state index contributed by atoms with van der Waals surface area (Å²) in [5, 5.41) is 7.27. The minimum atomic E-state index is 0.881. The third kappa shape index (κ3) is 1.25. The van der Waals surface area contributed by atoms with E-state index in [-0.39, 0.29) is 0 Å². The molecule has 64 valence electrons. The zero-order valence-corrected chi connectivity index (χ0v) is 7.12. The Hall–Kier alpha value is -1.16. The van der Waals surface area contributed by atoms with Crippen LogP contribution in [0.1, 0.15) is 12.7 Å². The molecular weight excluding hydrogens is 152 g/mol. The third-order valence-electron chi connectivity index (χ3n) is 1.98. The molecule has 0 aromatic carbocycles. The number of aromatic nitrogens is 3. The van der Waals surface area contributed by atoms with Gasteiger partial charge in [0.1, 0.15) is 6.33 Å². The highest BCUT2D eigenvalue weighted by molar-refractivity contribution is 5.48. The van der Waals surface area contributed by atoms with Crippen molar-refractivity contribution in [3.05, 3.63) is 17.7 Å². The largest absolute Gasteiger partial charge is 0.309 e. The Kier molecular flexibility index (Phi) is 1.91. The molecule has 1 aromatic heterocycles. The number of hydrogen-bond donors (Lipinski definition) is 1. The predicted molar refractivity (Wildman–Crippen MR) is 46.5 cm³/mol. The zero-order valence-electron chi connectivity index (χ0n) is 7.12. The summed E-state index contributed by atoms with van der Waals surface area (Å²) in [6.45, 7) is 4.94. The van der Waals surface area contributed by atoms with Gasteiger partial charge in [0.25, 0.3) is 0 Å². The summed E-state index contributed by atoms with van der Waals surface area (Å²) in [4.78, 5) is 4.16. The van der Waals surface area contributed by atoms with Crippen LogP contribution in [0, 0.1) is 0 Å². The third-order valence-corrected chi connectivity index (χ3v) is 1.98. The first-order chi connectivity index (χ1) is 5.90. The second-order valence-corrected chi connectivity index (χ2v) is 2.84. The SMILES string of the molecule is CCn1ncnc1C=C1CNC1. The number of nitrogens with one attached hydrogen (secondary N) is 1. The predicted octanol–water partition coefficient (Wildman–Crippen LogP) is 0.285. The molecule has 0 spiro atoms. The molecule has 0 atom stereocenters. The van der Waals surface area contributed by atoms with Gasteiger partial charge in [0, 0.05) is 19.6 Å². The molecule has 1 aliphatic rings. The summed E-state index contributed by atoms with van der Waals surface area (Å²) >= 11 is 0. The van der Waals surface area contributed by atoms with Crippen LogP contribution in [-0.4, -0.2) is 27.9 Å². The van der Waals surface area contributed by atoms with Crippen molar-refractivity contribution in [2.75, 3.05) is 13.1 Å². The van der Waals surface area contributed by atoms with Gasteiger partial charge in [-0.1, -0.05) is 0 Å². The Labute approximate surface area is 71.3 Å². The van der Waals surface area contributed by atoms with E-state index in [0.29, 0.717) is 0 Å². The molecule has 2 rings (SSSR count). The molecule has 12 heavy (non-hydrogen) atoms. The first kappa shape index (κ1) is 7.49. The molecule has 4 heteroatoms. The molecule has 1 fully saturated rings. The second-order valence-electron chi connectivity index (χ2n) is 2.84. The van der Waals surface area contributed by atoms with E-state index in [0.717, 1.165) is 25.5 Å². The number of rotatable bonds is 2. The molecular formula is C8H12N4. The quantitative estimate of drug-likeness (QED) is 0.683. The van der Waals surface area contributed by atoms with Gasteiger partial charge in [-0.3, -0.25) is 0 Å². The van der Waals surface area contributed by atoms with Gasteiger partial charge in [-0.25, -0.2) is 9.67 Å². The van der Waals surface area contributed by atoms with Crippen LogP contribution in [0.4, 0.5) is 0 Å². The zero-order chi connectivity index (χ0) is 8.39. The van der Waals surface area contributed by atoms with Crippen molar-refractivity contribution in [3.8, 4) is 0 Å². The van der Waals surface area contributed by atoms with Crippen LogP contribution in [0.2, 0.25) is 0 Å². The van der Waals surface area contributed by atoms with Crippen molar-refractivity contribution in [1.82, 2.24) is 20.1 Å². The van der Waals surface area contributed by atoms with Crippen molar-refractivity contribution < 1.29 is 0 Å². The molecule has 1 N–H and O–H groups in total. The highest BCUT2D eigenvalue weighted by atomic mass is 15.3. The number of nitrogens with zero attached hydrogens (tertiary/aromatic N) is 3. The summed E-state index contributed by atoms with van der Waals surface area (Å²) in [5.74, 6) is 0.967. The van der Waals surface area contributed by atoms with E-state index in [1.54, 1.807) is 6.33 Å². The van der Waals surface area contributed by atoms with E-state index in [1.165, 1.54) is 5.57 Å². The smallest absolute Gasteiger partial charge is 0.150 e. The maximum absolute atomic E-state index is 4.16. The fraction of sp³-hybridized carbons (Fsp3) is 0.500. The van der Waals surface area contributed by atoms with Gasteiger partial charge in [-0.15, -0.1) is 0 Å². The van der Waals surface area contributed by atoms with Gasteiger partial charge in [0.05, 0.1) is 0 Å². The van der Waals surface area contributed by atoms with E-state index >= 15 is 0 Å². The summed E-state index contributed by atoms with van der Waals surface area (Å²) in [7, 11) is 0.